The maximum absolute atomic E-state index is 5.64. The third-order valence-electron chi connectivity index (χ3n) is 3.18. The van der Waals surface area contributed by atoms with Gasteiger partial charge in [0.1, 0.15) is 0 Å². The van der Waals surface area contributed by atoms with Crippen LogP contribution in [-0.2, 0) is 6.42 Å². The molecule has 0 unspecified atom stereocenters. The van der Waals surface area contributed by atoms with E-state index in [0.717, 1.165) is 17.5 Å². The first-order chi connectivity index (χ1) is 8.88. The predicted molar refractivity (Wildman–Crippen MR) is 74.3 cm³/mol. The lowest BCUT2D eigenvalue weighted by Gasteiger charge is -2.02. The number of nitrogens with two attached hydrogens (primary N) is 1. The molecule has 0 saturated heterocycles. The van der Waals surface area contributed by atoms with E-state index in [9.17, 15) is 0 Å². The van der Waals surface area contributed by atoms with Crippen molar-refractivity contribution in [2.75, 3.05) is 6.54 Å². The second kappa shape index (κ2) is 4.63. The SMILES string of the molecule is NCCc1c[nH]c2ccc(-c3cccnc3)cc12. The standard InChI is InChI=1S/C15H15N3/c16-6-5-13-10-18-15-4-3-11(8-14(13)15)12-2-1-7-17-9-12/h1-4,7-10,18H,5-6,16H2. The number of aromatic nitrogens is 2. The van der Waals surface area contributed by atoms with E-state index in [1.165, 1.54) is 16.5 Å². The fourth-order valence-corrected chi connectivity index (χ4v) is 2.25. The lowest BCUT2D eigenvalue weighted by Crippen LogP contribution is -2.01. The summed E-state index contributed by atoms with van der Waals surface area (Å²) in [6, 6.07) is 10.5. The van der Waals surface area contributed by atoms with E-state index in [4.69, 9.17) is 5.73 Å². The van der Waals surface area contributed by atoms with E-state index in [2.05, 4.69) is 34.2 Å². The first-order valence-electron chi connectivity index (χ1n) is 6.09. The molecule has 0 saturated carbocycles. The Labute approximate surface area is 106 Å². The van der Waals surface area contributed by atoms with Gasteiger partial charge in [0.25, 0.3) is 0 Å². The quantitative estimate of drug-likeness (QED) is 0.736. The third kappa shape index (κ3) is 1.89. The minimum absolute atomic E-state index is 0.671. The number of benzene rings is 1. The Morgan fingerprint density at radius 1 is 1.17 bits per heavy atom. The van der Waals surface area contributed by atoms with Gasteiger partial charge in [0.2, 0.25) is 0 Å². The molecule has 3 nitrogen and oxygen atoms in total. The van der Waals surface area contributed by atoms with Gasteiger partial charge in [-0.05, 0) is 42.3 Å². The molecular formula is C15H15N3. The van der Waals surface area contributed by atoms with Crippen molar-refractivity contribution < 1.29 is 0 Å². The number of nitrogens with zero attached hydrogens (tertiary/aromatic N) is 1. The highest BCUT2D eigenvalue weighted by Gasteiger charge is 2.05. The van der Waals surface area contributed by atoms with Crippen LogP contribution in [0.3, 0.4) is 0 Å². The summed E-state index contributed by atoms with van der Waals surface area (Å²) in [5.41, 5.74) is 10.4. The summed E-state index contributed by atoms with van der Waals surface area (Å²) in [6.07, 6.45) is 6.62. The van der Waals surface area contributed by atoms with Crippen molar-refractivity contribution in [1.29, 1.82) is 0 Å². The summed E-state index contributed by atoms with van der Waals surface area (Å²) in [4.78, 5) is 7.44. The van der Waals surface area contributed by atoms with Gasteiger partial charge >= 0.3 is 0 Å². The second-order valence-corrected chi connectivity index (χ2v) is 4.35. The van der Waals surface area contributed by atoms with Gasteiger partial charge in [0.05, 0.1) is 0 Å². The maximum atomic E-state index is 5.64. The van der Waals surface area contributed by atoms with Crippen molar-refractivity contribution >= 4 is 10.9 Å². The Kier molecular flexibility index (Phi) is 2.82. The minimum atomic E-state index is 0.671. The van der Waals surface area contributed by atoms with Crippen molar-refractivity contribution in [1.82, 2.24) is 9.97 Å². The lowest BCUT2D eigenvalue weighted by atomic mass is 10.0. The van der Waals surface area contributed by atoms with Gasteiger partial charge in [0.15, 0.2) is 0 Å². The Hall–Kier alpha value is -2.13. The molecule has 0 atom stereocenters. The summed E-state index contributed by atoms with van der Waals surface area (Å²) >= 11 is 0. The van der Waals surface area contributed by atoms with Gasteiger partial charge in [0, 0.05) is 35.1 Å². The summed E-state index contributed by atoms with van der Waals surface area (Å²) in [5.74, 6) is 0. The van der Waals surface area contributed by atoms with Crippen molar-refractivity contribution in [2.45, 2.75) is 6.42 Å². The van der Waals surface area contributed by atoms with Crippen molar-refractivity contribution in [3.8, 4) is 11.1 Å². The second-order valence-electron chi connectivity index (χ2n) is 4.35. The molecule has 90 valence electrons. The molecule has 0 amide bonds. The molecule has 18 heavy (non-hydrogen) atoms. The summed E-state index contributed by atoms with van der Waals surface area (Å²) < 4.78 is 0. The van der Waals surface area contributed by atoms with E-state index < -0.39 is 0 Å². The van der Waals surface area contributed by atoms with Crippen molar-refractivity contribution in [3.05, 3.63) is 54.5 Å². The van der Waals surface area contributed by atoms with Crippen LogP contribution in [0.5, 0.6) is 0 Å². The molecule has 1 aromatic carbocycles. The summed E-state index contributed by atoms with van der Waals surface area (Å²) in [6.45, 7) is 0.671. The van der Waals surface area contributed by atoms with E-state index in [-0.39, 0.29) is 0 Å². The molecule has 3 rings (SSSR count). The number of H-pyrrole nitrogens is 1. The summed E-state index contributed by atoms with van der Waals surface area (Å²) in [5, 5.41) is 1.25. The lowest BCUT2D eigenvalue weighted by molar-refractivity contribution is 0.976. The molecule has 3 N–H and O–H groups in total. The molecule has 0 aliphatic carbocycles. The van der Waals surface area contributed by atoms with Gasteiger partial charge < -0.3 is 10.7 Å². The molecule has 0 fully saturated rings. The number of hydrogen-bond acceptors (Lipinski definition) is 2. The first-order valence-corrected chi connectivity index (χ1v) is 6.09. The fourth-order valence-electron chi connectivity index (χ4n) is 2.25. The van der Waals surface area contributed by atoms with E-state index in [1.54, 1.807) is 6.20 Å². The summed E-state index contributed by atoms with van der Waals surface area (Å²) in [7, 11) is 0. The van der Waals surface area contributed by atoms with Crippen LogP contribution in [0.15, 0.2) is 48.9 Å². The molecular weight excluding hydrogens is 222 g/mol. The molecule has 0 aliphatic heterocycles. The molecule has 0 radical (unpaired) electrons. The molecule has 3 heteroatoms. The van der Waals surface area contributed by atoms with Crippen LogP contribution in [0.25, 0.3) is 22.0 Å². The first kappa shape index (κ1) is 11.0. The Morgan fingerprint density at radius 3 is 2.89 bits per heavy atom. The highest BCUT2D eigenvalue weighted by Crippen LogP contribution is 2.25. The normalized spacial score (nSPS) is 10.9. The van der Waals surface area contributed by atoms with Crippen molar-refractivity contribution in [3.63, 3.8) is 0 Å². The molecule has 0 aliphatic rings. The van der Waals surface area contributed by atoms with E-state index >= 15 is 0 Å². The number of nitrogens with one attached hydrogen (secondary N) is 1. The van der Waals surface area contributed by atoms with Crippen LogP contribution in [0, 0.1) is 0 Å². The third-order valence-corrected chi connectivity index (χ3v) is 3.18. The Morgan fingerprint density at radius 2 is 2.11 bits per heavy atom. The maximum Gasteiger partial charge on any atom is 0.0457 e. The molecule has 0 bridgehead atoms. The van der Waals surface area contributed by atoms with Gasteiger partial charge in [-0.2, -0.15) is 0 Å². The number of hydrogen-bond donors (Lipinski definition) is 2. The monoisotopic (exact) mass is 237 g/mol. The number of fused-ring (bicyclic) bond motifs is 1. The fraction of sp³-hybridized carbons (Fsp3) is 0.133. The van der Waals surface area contributed by atoms with Crippen molar-refractivity contribution in [2.24, 2.45) is 5.73 Å². The number of aromatic amines is 1. The average molecular weight is 237 g/mol. The zero-order valence-electron chi connectivity index (χ0n) is 10.1. The van der Waals surface area contributed by atoms with Gasteiger partial charge in [-0.25, -0.2) is 0 Å². The smallest absolute Gasteiger partial charge is 0.0457 e. The predicted octanol–water partition coefficient (Wildman–Crippen LogP) is 2.73. The van der Waals surface area contributed by atoms with Crippen LogP contribution in [0.2, 0.25) is 0 Å². The Bertz CT molecular complexity index is 656. The van der Waals surface area contributed by atoms with Crippen LogP contribution >= 0.6 is 0 Å². The zero-order valence-corrected chi connectivity index (χ0v) is 10.1. The average Bonchev–Trinajstić information content (AvgIpc) is 2.83. The van der Waals surface area contributed by atoms with Crippen LogP contribution in [0.1, 0.15) is 5.56 Å². The van der Waals surface area contributed by atoms with Crippen LogP contribution in [-0.4, -0.2) is 16.5 Å². The number of pyridine rings is 1. The van der Waals surface area contributed by atoms with Gasteiger partial charge in [-0.15, -0.1) is 0 Å². The number of rotatable bonds is 3. The largest absolute Gasteiger partial charge is 0.361 e. The van der Waals surface area contributed by atoms with E-state index in [1.807, 2.05) is 18.5 Å². The molecule has 3 aromatic rings. The minimum Gasteiger partial charge on any atom is -0.361 e. The Balaban J connectivity index is 2.12. The zero-order chi connectivity index (χ0) is 12.4. The molecule has 0 spiro atoms. The molecule has 2 aromatic heterocycles. The highest BCUT2D eigenvalue weighted by atomic mass is 14.7. The van der Waals surface area contributed by atoms with Crippen LogP contribution < -0.4 is 5.73 Å². The topological polar surface area (TPSA) is 54.7 Å². The van der Waals surface area contributed by atoms with Crippen LogP contribution in [0.4, 0.5) is 0 Å². The van der Waals surface area contributed by atoms with Gasteiger partial charge in [-0.3, -0.25) is 4.98 Å². The molecule has 2 heterocycles. The van der Waals surface area contributed by atoms with Gasteiger partial charge in [-0.1, -0.05) is 12.1 Å². The highest BCUT2D eigenvalue weighted by molar-refractivity contribution is 5.87. The van der Waals surface area contributed by atoms with E-state index in [0.29, 0.717) is 6.54 Å².